The topological polar surface area (TPSA) is 21.7 Å². The Kier molecular flexibility index (Phi) is 10.5. The molecule has 0 saturated heterocycles. The molecular weight excluding hydrogens is 767 g/mol. The Bertz CT molecular complexity index is 2540. The van der Waals surface area contributed by atoms with Crippen LogP contribution in [0.25, 0.3) is 0 Å². The predicted molar refractivity (Wildman–Crippen MR) is 256 cm³/mol. The van der Waals surface area contributed by atoms with E-state index in [0.29, 0.717) is 47.5 Å². The zero-order valence-corrected chi connectivity index (χ0v) is 36.7. The van der Waals surface area contributed by atoms with Crippen LogP contribution in [0.15, 0.2) is 220 Å². The van der Waals surface area contributed by atoms with E-state index in [0.717, 1.165) is 63.5 Å². The minimum absolute atomic E-state index is 0.188. The number of hydrogen-bond donors (Lipinski definition) is 0. The molecule has 9 unspecified atom stereocenters. The molecule has 0 amide bonds. The first-order valence-corrected chi connectivity index (χ1v) is 24.5. The van der Waals surface area contributed by atoms with Crippen molar-refractivity contribution >= 4 is 0 Å². The van der Waals surface area contributed by atoms with Crippen molar-refractivity contribution in [3.63, 3.8) is 0 Å². The summed E-state index contributed by atoms with van der Waals surface area (Å²) in [5, 5.41) is 0. The van der Waals surface area contributed by atoms with Crippen LogP contribution >= 0.6 is 0 Å². The van der Waals surface area contributed by atoms with Gasteiger partial charge in [0.05, 0.1) is 0 Å². The second kappa shape index (κ2) is 16.9. The van der Waals surface area contributed by atoms with Gasteiger partial charge in [-0.2, -0.15) is 0 Å². The van der Waals surface area contributed by atoms with Crippen LogP contribution in [0.2, 0.25) is 0 Å². The van der Waals surface area contributed by atoms with Crippen molar-refractivity contribution in [3.05, 3.63) is 226 Å². The summed E-state index contributed by atoms with van der Waals surface area (Å²) in [5.74, 6) is 6.67. The Morgan fingerprint density at radius 1 is 0.556 bits per heavy atom. The minimum atomic E-state index is 0.188. The standard InChI is InChI=1S/C60H61NO2/c1-2-10-40(11-3-1)43-28-34-48(35-29-43)61(49-36-30-44(31-37-49)41-20-24-46(25-21-41)51-14-8-16-55-53-12-4-6-18-57(53)62-59(51)55)50-38-32-45(33-39-50)42-22-26-47(27-23-42)52-15-9-17-56-54-13-5-7-19-58(54)63-60(52)56/h1-4,6-7,9-12,14-15,18-20,22-24,26,28,30,32,34-35,38-39,41,43,45-47,49,53,56-57H,5,8,13,16-17,21,25,27,29,31,33,36-37H2. The maximum absolute atomic E-state index is 6.62. The van der Waals surface area contributed by atoms with Gasteiger partial charge < -0.3 is 14.4 Å². The molecule has 11 aliphatic rings. The Labute approximate surface area is 375 Å². The van der Waals surface area contributed by atoms with E-state index in [1.807, 2.05) is 0 Å². The molecule has 2 aliphatic heterocycles. The van der Waals surface area contributed by atoms with Crippen molar-refractivity contribution in [1.82, 2.24) is 4.90 Å². The van der Waals surface area contributed by atoms with Gasteiger partial charge in [-0.3, -0.25) is 0 Å². The van der Waals surface area contributed by atoms with Gasteiger partial charge in [-0.15, -0.1) is 0 Å². The van der Waals surface area contributed by atoms with Gasteiger partial charge in [-0.1, -0.05) is 139 Å². The molecule has 9 atom stereocenters. The number of benzene rings is 1. The molecule has 3 heteroatoms. The molecule has 0 saturated carbocycles. The Hall–Kier alpha value is -5.54. The summed E-state index contributed by atoms with van der Waals surface area (Å²) in [4.78, 5) is 2.71. The van der Waals surface area contributed by atoms with Crippen LogP contribution in [0.3, 0.4) is 0 Å². The highest BCUT2D eigenvalue weighted by atomic mass is 16.5. The highest BCUT2D eigenvalue weighted by Crippen LogP contribution is 2.49. The van der Waals surface area contributed by atoms with E-state index >= 15 is 0 Å². The van der Waals surface area contributed by atoms with Crippen molar-refractivity contribution in [1.29, 1.82) is 0 Å². The van der Waals surface area contributed by atoms with Gasteiger partial charge in [0.1, 0.15) is 23.4 Å². The van der Waals surface area contributed by atoms with Crippen LogP contribution in [-0.2, 0) is 9.47 Å². The van der Waals surface area contributed by atoms with E-state index < -0.39 is 0 Å². The van der Waals surface area contributed by atoms with Crippen molar-refractivity contribution in [3.8, 4) is 0 Å². The number of allylic oxidation sites excluding steroid dienone is 23. The lowest BCUT2D eigenvalue weighted by atomic mass is 9.75. The Balaban J connectivity index is 0.731. The smallest absolute Gasteiger partial charge is 0.127 e. The predicted octanol–water partition coefficient (Wildman–Crippen LogP) is 14.5. The normalized spacial score (nSPS) is 33.7. The highest BCUT2D eigenvalue weighted by molar-refractivity contribution is 5.49. The number of fused-ring (bicyclic) bond motifs is 4. The van der Waals surface area contributed by atoms with E-state index in [1.165, 1.54) is 82.0 Å². The fourth-order valence-corrected chi connectivity index (χ4v) is 12.7. The molecule has 1 aromatic rings. The molecule has 3 nitrogen and oxygen atoms in total. The Morgan fingerprint density at radius 2 is 1.35 bits per heavy atom. The lowest BCUT2D eigenvalue weighted by Crippen LogP contribution is -2.35. The van der Waals surface area contributed by atoms with Crippen LogP contribution < -0.4 is 0 Å². The molecule has 0 N–H and O–H groups in total. The first kappa shape index (κ1) is 39.1. The summed E-state index contributed by atoms with van der Waals surface area (Å²) in [7, 11) is 0. The van der Waals surface area contributed by atoms with Gasteiger partial charge >= 0.3 is 0 Å². The summed E-state index contributed by atoms with van der Waals surface area (Å²) in [6, 6.07) is 11.5. The molecule has 9 aliphatic carbocycles. The quantitative estimate of drug-likeness (QED) is 0.244. The van der Waals surface area contributed by atoms with Crippen molar-refractivity contribution < 1.29 is 9.47 Å². The summed E-state index contributed by atoms with van der Waals surface area (Å²) < 4.78 is 13.2. The fraction of sp³-hybridized carbons (Fsp3) is 0.367. The monoisotopic (exact) mass is 827 g/mol. The summed E-state index contributed by atoms with van der Waals surface area (Å²) in [6.45, 7) is 0. The molecule has 0 aromatic heterocycles. The number of nitrogens with zero attached hydrogens (tertiary/aromatic N) is 1. The third kappa shape index (κ3) is 7.40. The molecule has 1 aromatic carbocycles. The van der Waals surface area contributed by atoms with Crippen LogP contribution in [0.4, 0.5) is 0 Å². The number of hydrogen-bond acceptors (Lipinski definition) is 3. The zero-order chi connectivity index (χ0) is 41.7. The van der Waals surface area contributed by atoms with E-state index in [4.69, 9.17) is 9.47 Å². The number of ether oxygens (including phenoxy) is 2. The lowest BCUT2D eigenvalue weighted by Gasteiger charge is -2.40. The Morgan fingerprint density at radius 3 is 2.13 bits per heavy atom. The molecule has 0 spiro atoms. The average Bonchev–Trinajstić information content (AvgIpc) is 3.94. The lowest BCUT2D eigenvalue weighted by molar-refractivity contribution is 0.167. The average molecular weight is 828 g/mol. The molecule has 0 fully saturated rings. The molecule has 63 heavy (non-hydrogen) atoms. The van der Waals surface area contributed by atoms with Crippen LogP contribution in [-0.4, -0.2) is 17.0 Å². The van der Waals surface area contributed by atoms with Crippen molar-refractivity contribution in [2.24, 2.45) is 35.5 Å². The maximum Gasteiger partial charge on any atom is 0.127 e. The van der Waals surface area contributed by atoms with Gasteiger partial charge in [0.25, 0.3) is 0 Å². The molecular formula is C60H61NO2. The van der Waals surface area contributed by atoms with Gasteiger partial charge in [-0.25, -0.2) is 0 Å². The first-order valence-electron chi connectivity index (χ1n) is 24.5. The molecule has 12 rings (SSSR count). The second-order valence-electron chi connectivity index (χ2n) is 19.6. The van der Waals surface area contributed by atoms with Crippen molar-refractivity contribution in [2.45, 2.75) is 102 Å². The maximum atomic E-state index is 6.62. The van der Waals surface area contributed by atoms with E-state index in [2.05, 4.69) is 163 Å². The van der Waals surface area contributed by atoms with E-state index in [9.17, 15) is 0 Å². The van der Waals surface area contributed by atoms with Crippen LogP contribution in [0.5, 0.6) is 0 Å². The van der Waals surface area contributed by atoms with Gasteiger partial charge in [0, 0.05) is 52.9 Å². The summed E-state index contributed by atoms with van der Waals surface area (Å²) in [5.41, 5.74) is 13.1. The minimum Gasteiger partial charge on any atom is -0.485 e. The molecule has 2 heterocycles. The van der Waals surface area contributed by atoms with Crippen LogP contribution in [0.1, 0.15) is 95.0 Å². The van der Waals surface area contributed by atoms with E-state index in [1.54, 1.807) is 5.57 Å². The molecule has 0 bridgehead atoms. The third-order valence-electron chi connectivity index (χ3n) is 16.1. The highest BCUT2D eigenvalue weighted by Gasteiger charge is 2.40. The SMILES string of the molecule is C1=CC2OC3=C(CCC=C3C3C=CC(C4=CCC(N(C5=CCC(C6=CCC(C7=C8OC9=C(CCC=C9)C8CC=C7)C=C6)C=C5)C5=CCC(c6ccccc6)C=C5)CC4)CC3)C2C=C1. The van der Waals surface area contributed by atoms with E-state index in [-0.39, 0.29) is 6.10 Å². The number of rotatable bonds is 8. The van der Waals surface area contributed by atoms with Gasteiger partial charge in [0.15, 0.2) is 0 Å². The first-order chi connectivity index (χ1) is 31.2. The van der Waals surface area contributed by atoms with Gasteiger partial charge in [-0.05, 0) is 147 Å². The molecule has 318 valence electrons. The second-order valence-corrected chi connectivity index (χ2v) is 19.6. The third-order valence-corrected chi connectivity index (χ3v) is 16.1. The summed E-state index contributed by atoms with van der Waals surface area (Å²) >= 11 is 0. The van der Waals surface area contributed by atoms with Gasteiger partial charge in [0.2, 0.25) is 0 Å². The van der Waals surface area contributed by atoms with Crippen LogP contribution in [0, 0.1) is 35.5 Å². The molecule has 0 radical (unpaired) electrons. The summed E-state index contributed by atoms with van der Waals surface area (Å²) in [6.07, 6.45) is 65.4. The fourth-order valence-electron chi connectivity index (χ4n) is 12.7. The van der Waals surface area contributed by atoms with Crippen molar-refractivity contribution in [2.75, 3.05) is 0 Å². The zero-order valence-electron chi connectivity index (χ0n) is 36.7. The largest absolute Gasteiger partial charge is 0.485 e.